The molecule has 1 saturated heterocycles. The van der Waals surface area contributed by atoms with Crippen molar-refractivity contribution in [1.29, 1.82) is 0 Å². The van der Waals surface area contributed by atoms with Crippen LogP contribution in [0.1, 0.15) is 33.1 Å². The molecular formula is C16H32N4O. The Morgan fingerprint density at radius 2 is 1.81 bits per heavy atom. The molecule has 5 nitrogen and oxygen atoms in total. The van der Waals surface area contributed by atoms with Crippen LogP contribution in [0.2, 0.25) is 0 Å². The van der Waals surface area contributed by atoms with E-state index in [9.17, 15) is 4.79 Å². The summed E-state index contributed by atoms with van der Waals surface area (Å²) < 4.78 is 0. The van der Waals surface area contributed by atoms with Gasteiger partial charge in [0.15, 0.2) is 0 Å². The van der Waals surface area contributed by atoms with E-state index in [0.717, 1.165) is 45.2 Å². The number of rotatable bonds is 8. The SMILES string of the molecule is CCN(CC)C(=O)CC(CN)N1CCN(CC2CC2)CC1. The number of carbonyl (C=O) groups is 1. The highest BCUT2D eigenvalue weighted by Crippen LogP contribution is 2.30. The van der Waals surface area contributed by atoms with Crippen molar-refractivity contribution in [2.75, 3.05) is 52.4 Å². The molecule has 1 aliphatic carbocycles. The maximum atomic E-state index is 12.3. The highest BCUT2D eigenvalue weighted by molar-refractivity contribution is 5.76. The normalized spacial score (nSPS) is 22.2. The minimum atomic E-state index is 0.209. The largest absolute Gasteiger partial charge is 0.343 e. The molecule has 0 spiro atoms. The molecule has 2 rings (SSSR count). The lowest BCUT2D eigenvalue weighted by Gasteiger charge is -2.39. The number of hydrogen-bond donors (Lipinski definition) is 1. The van der Waals surface area contributed by atoms with Crippen LogP contribution in [0.4, 0.5) is 0 Å². The smallest absolute Gasteiger partial charge is 0.224 e. The van der Waals surface area contributed by atoms with E-state index < -0.39 is 0 Å². The zero-order valence-electron chi connectivity index (χ0n) is 13.8. The third-order valence-corrected chi connectivity index (χ3v) is 4.94. The van der Waals surface area contributed by atoms with Crippen LogP contribution in [0, 0.1) is 5.92 Å². The summed E-state index contributed by atoms with van der Waals surface area (Å²) in [6.45, 7) is 11.9. The van der Waals surface area contributed by atoms with Gasteiger partial charge in [0.25, 0.3) is 0 Å². The second kappa shape index (κ2) is 8.11. The van der Waals surface area contributed by atoms with Gasteiger partial charge in [-0.1, -0.05) is 0 Å². The van der Waals surface area contributed by atoms with Gasteiger partial charge in [-0.05, 0) is 32.6 Å². The van der Waals surface area contributed by atoms with Gasteiger partial charge in [0.1, 0.15) is 0 Å². The number of hydrogen-bond acceptors (Lipinski definition) is 4. The minimum Gasteiger partial charge on any atom is -0.343 e. The molecule has 1 unspecified atom stereocenters. The molecule has 2 fully saturated rings. The summed E-state index contributed by atoms with van der Waals surface area (Å²) in [4.78, 5) is 19.2. The van der Waals surface area contributed by atoms with Gasteiger partial charge in [-0.15, -0.1) is 0 Å². The van der Waals surface area contributed by atoms with Crippen LogP contribution in [0.25, 0.3) is 0 Å². The van der Waals surface area contributed by atoms with E-state index in [0.29, 0.717) is 13.0 Å². The van der Waals surface area contributed by atoms with Crippen molar-refractivity contribution in [3.05, 3.63) is 0 Å². The Kier molecular flexibility index (Phi) is 6.45. The van der Waals surface area contributed by atoms with Crippen molar-refractivity contribution < 1.29 is 4.79 Å². The van der Waals surface area contributed by atoms with E-state index in [-0.39, 0.29) is 11.9 Å². The lowest BCUT2D eigenvalue weighted by atomic mass is 10.1. The topological polar surface area (TPSA) is 52.8 Å². The van der Waals surface area contributed by atoms with Gasteiger partial charge in [-0.2, -0.15) is 0 Å². The predicted molar refractivity (Wildman–Crippen MR) is 86.1 cm³/mol. The summed E-state index contributed by atoms with van der Waals surface area (Å²) in [6, 6.07) is 0.209. The molecule has 0 aromatic rings. The third-order valence-electron chi connectivity index (χ3n) is 4.94. The highest BCUT2D eigenvalue weighted by Gasteiger charge is 2.29. The van der Waals surface area contributed by atoms with Gasteiger partial charge < -0.3 is 15.5 Å². The van der Waals surface area contributed by atoms with E-state index in [1.807, 2.05) is 18.7 Å². The Hall–Kier alpha value is -0.650. The van der Waals surface area contributed by atoms with Crippen LogP contribution in [0.15, 0.2) is 0 Å². The van der Waals surface area contributed by atoms with Crippen molar-refractivity contribution in [2.24, 2.45) is 11.7 Å². The van der Waals surface area contributed by atoms with Gasteiger partial charge in [-0.3, -0.25) is 9.69 Å². The zero-order chi connectivity index (χ0) is 15.2. The van der Waals surface area contributed by atoms with E-state index in [1.165, 1.54) is 19.4 Å². The maximum Gasteiger partial charge on any atom is 0.224 e. The van der Waals surface area contributed by atoms with Gasteiger partial charge in [0.2, 0.25) is 5.91 Å². The summed E-state index contributed by atoms with van der Waals surface area (Å²) in [7, 11) is 0. The van der Waals surface area contributed by atoms with Crippen LogP contribution in [-0.4, -0.2) is 79.0 Å². The molecule has 1 aliphatic heterocycles. The van der Waals surface area contributed by atoms with Gasteiger partial charge >= 0.3 is 0 Å². The second-order valence-electron chi connectivity index (χ2n) is 6.44. The third kappa shape index (κ3) is 4.94. The summed E-state index contributed by atoms with van der Waals surface area (Å²) in [6.07, 6.45) is 3.41. The Balaban J connectivity index is 1.77. The molecule has 0 aromatic carbocycles. The molecule has 1 saturated carbocycles. The molecule has 21 heavy (non-hydrogen) atoms. The van der Waals surface area contributed by atoms with Crippen LogP contribution in [0.3, 0.4) is 0 Å². The van der Waals surface area contributed by atoms with Gasteiger partial charge in [0.05, 0.1) is 0 Å². The van der Waals surface area contributed by atoms with Crippen molar-refractivity contribution in [1.82, 2.24) is 14.7 Å². The Labute approximate surface area is 129 Å². The molecule has 1 amide bonds. The summed E-state index contributed by atoms with van der Waals surface area (Å²) in [5.74, 6) is 1.21. The van der Waals surface area contributed by atoms with Crippen molar-refractivity contribution in [3.8, 4) is 0 Å². The van der Waals surface area contributed by atoms with Crippen molar-refractivity contribution >= 4 is 5.91 Å². The van der Waals surface area contributed by atoms with Crippen LogP contribution in [0.5, 0.6) is 0 Å². The summed E-state index contributed by atoms with van der Waals surface area (Å²) in [5.41, 5.74) is 5.93. The Bertz CT molecular complexity index is 320. The fourth-order valence-electron chi connectivity index (χ4n) is 3.25. The number of nitrogens with two attached hydrogens (primary N) is 1. The molecule has 1 atom stereocenters. The van der Waals surface area contributed by atoms with E-state index in [4.69, 9.17) is 5.73 Å². The van der Waals surface area contributed by atoms with Crippen LogP contribution < -0.4 is 5.73 Å². The number of piperazine rings is 1. The fourth-order valence-corrected chi connectivity index (χ4v) is 3.25. The molecule has 2 N–H and O–H groups in total. The average Bonchev–Trinajstić information content (AvgIpc) is 3.31. The number of carbonyl (C=O) groups excluding carboxylic acids is 1. The second-order valence-corrected chi connectivity index (χ2v) is 6.44. The minimum absolute atomic E-state index is 0.209. The van der Waals surface area contributed by atoms with Crippen molar-refractivity contribution in [3.63, 3.8) is 0 Å². The molecule has 0 aromatic heterocycles. The Morgan fingerprint density at radius 1 is 1.19 bits per heavy atom. The quantitative estimate of drug-likeness (QED) is 0.713. The average molecular weight is 296 g/mol. The molecular weight excluding hydrogens is 264 g/mol. The molecule has 122 valence electrons. The predicted octanol–water partition coefficient (Wildman–Crippen LogP) is 0.600. The lowest BCUT2D eigenvalue weighted by Crippen LogP contribution is -2.53. The fraction of sp³-hybridized carbons (Fsp3) is 0.938. The maximum absolute atomic E-state index is 12.3. The monoisotopic (exact) mass is 296 g/mol. The molecule has 5 heteroatoms. The molecule has 0 radical (unpaired) electrons. The highest BCUT2D eigenvalue weighted by atomic mass is 16.2. The first-order valence-electron chi connectivity index (χ1n) is 8.62. The summed E-state index contributed by atoms with van der Waals surface area (Å²) in [5, 5.41) is 0. The Morgan fingerprint density at radius 3 is 2.29 bits per heavy atom. The van der Waals surface area contributed by atoms with Gasteiger partial charge in [-0.25, -0.2) is 0 Å². The van der Waals surface area contributed by atoms with Crippen LogP contribution >= 0.6 is 0 Å². The van der Waals surface area contributed by atoms with Crippen LogP contribution in [-0.2, 0) is 4.79 Å². The van der Waals surface area contributed by atoms with Gasteiger partial charge in [0, 0.05) is 64.8 Å². The lowest BCUT2D eigenvalue weighted by molar-refractivity contribution is -0.132. The first-order valence-corrected chi connectivity index (χ1v) is 8.62. The van der Waals surface area contributed by atoms with E-state index >= 15 is 0 Å². The van der Waals surface area contributed by atoms with Crippen molar-refractivity contribution in [2.45, 2.75) is 39.2 Å². The first-order chi connectivity index (χ1) is 10.2. The number of nitrogens with zero attached hydrogens (tertiary/aromatic N) is 3. The summed E-state index contributed by atoms with van der Waals surface area (Å²) >= 11 is 0. The van der Waals surface area contributed by atoms with E-state index in [1.54, 1.807) is 0 Å². The zero-order valence-corrected chi connectivity index (χ0v) is 13.8. The molecule has 1 heterocycles. The molecule has 0 bridgehead atoms. The van der Waals surface area contributed by atoms with E-state index in [2.05, 4.69) is 9.80 Å². The standard InChI is InChI=1S/C16H32N4O/c1-3-19(4-2)16(21)11-15(12-17)20-9-7-18(8-10-20)13-14-5-6-14/h14-15H,3-13,17H2,1-2H3. The molecule has 2 aliphatic rings. The number of amides is 1. The first kappa shape index (κ1) is 16.7.